The molecule has 0 bridgehead atoms. The quantitative estimate of drug-likeness (QED) is 0.720. The van der Waals surface area contributed by atoms with E-state index in [0.717, 1.165) is 18.6 Å². The number of hydrogen-bond acceptors (Lipinski definition) is 3. The summed E-state index contributed by atoms with van der Waals surface area (Å²) in [7, 11) is 2.15. The van der Waals surface area contributed by atoms with Crippen LogP contribution < -0.4 is 0 Å². The van der Waals surface area contributed by atoms with E-state index in [-0.39, 0.29) is 0 Å². The van der Waals surface area contributed by atoms with Gasteiger partial charge in [0.15, 0.2) is 0 Å². The first-order valence-electron chi connectivity index (χ1n) is 7.67. The Labute approximate surface area is 131 Å². The largest absolute Gasteiger partial charge is 0.331 e. The Morgan fingerprint density at radius 1 is 1.14 bits per heavy atom. The summed E-state index contributed by atoms with van der Waals surface area (Å²) < 4.78 is 2.22. The number of imidazole rings is 1. The monoisotopic (exact) mass is 294 g/mol. The first-order chi connectivity index (χ1) is 10.6. The molecule has 0 saturated carbocycles. The Morgan fingerprint density at radius 2 is 1.95 bits per heavy atom. The number of para-hydroxylation sites is 1. The van der Waals surface area contributed by atoms with E-state index >= 15 is 0 Å². The molecule has 0 aliphatic heterocycles. The van der Waals surface area contributed by atoms with Crippen LogP contribution in [0.2, 0.25) is 0 Å². The van der Waals surface area contributed by atoms with Crippen molar-refractivity contribution in [3.63, 3.8) is 0 Å². The number of benzene rings is 1. The number of aromatic nitrogens is 3. The second-order valence-corrected chi connectivity index (χ2v) is 6.05. The van der Waals surface area contributed by atoms with E-state index in [1.807, 2.05) is 24.8 Å². The van der Waals surface area contributed by atoms with Gasteiger partial charge in [-0.25, -0.2) is 4.98 Å². The predicted molar refractivity (Wildman–Crippen MR) is 89.5 cm³/mol. The van der Waals surface area contributed by atoms with Crippen LogP contribution in [0.5, 0.6) is 0 Å². The molecule has 0 saturated heterocycles. The minimum absolute atomic E-state index is 0.438. The van der Waals surface area contributed by atoms with Crippen molar-refractivity contribution >= 4 is 10.9 Å². The molecule has 22 heavy (non-hydrogen) atoms. The second kappa shape index (κ2) is 6.28. The normalized spacial score (nSPS) is 11.7. The van der Waals surface area contributed by atoms with Crippen molar-refractivity contribution in [2.24, 2.45) is 0 Å². The molecule has 1 aromatic carbocycles. The second-order valence-electron chi connectivity index (χ2n) is 6.05. The van der Waals surface area contributed by atoms with Crippen molar-refractivity contribution in [2.75, 3.05) is 7.05 Å². The summed E-state index contributed by atoms with van der Waals surface area (Å²) >= 11 is 0. The average Bonchev–Trinajstić information content (AvgIpc) is 2.96. The van der Waals surface area contributed by atoms with E-state index in [1.165, 1.54) is 16.6 Å². The predicted octanol–water partition coefficient (Wildman–Crippen LogP) is 3.64. The average molecular weight is 294 g/mol. The first kappa shape index (κ1) is 14.7. The topological polar surface area (TPSA) is 34.0 Å². The number of fused-ring (bicyclic) bond motifs is 1. The van der Waals surface area contributed by atoms with Gasteiger partial charge in [0.2, 0.25) is 0 Å². The van der Waals surface area contributed by atoms with Crippen LogP contribution in [0.3, 0.4) is 0 Å². The lowest BCUT2D eigenvalue weighted by molar-refractivity contribution is 0.308. The standard InChI is InChI=1S/C18H22N4/c1-14(2)22-13-19-10-16(22)12-21(3)11-15-8-9-20-18-7-5-4-6-17(15)18/h4-10,13-14H,11-12H2,1-3H3. The van der Waals surface area contributed by atoms with Crippen LogP contribution in [-0.4, -0.2) is 26.5 Å². The molecule has 2 aromatic heterocycles. The number of pyridine rings is 1. The van der Waals surface area contributed by atoms with Gasteiger partial charge in [0.05, 0.1) is 17.5 Å². The minimum Gasteiger partial charge on any atom is -0.331 e. The van der Waals surface area contributed by atoms with Crippen molar-refractivity contribution < 1.29 is 0 Å². The molecule has 3 aromatic rings. The van der Waals surface area contributed by atoms with E-state index in [4.69, 9.17) is 0 Å². The molecule has 0 aliphatic carbocycles. The van der Waals surface area contributed by atoms with Crippen LogP contribution in [0.15, 0.2) is 49.1 Å². The molecule has 0 unspecified atom stereocenters. The Morgan fingerprint density at radius 3 is 2.77 bits per heavy atom. The lowest BCUT2D eigenvalue weighted by atomic mass is 10.1. The van der Waals surface area contributed by atoms with Crippen molar-refractivity contribution in [3.05, 3.63) is 60.3 Å². The Hall–Kier alpha value is -2.20. The third-order valence-electron chi connectivity index (χ3n) is 3.91. The summed E-state index contributed by atoms with van der Waals surface area (Å²) in [5.74, 6) is 0. The number of nitrogens with zero attached hydrogens (tertiary/aromatic N) is 4. The van der Waals surface area contributed by atoms with Gasteiger partial charge >= 0.3 is 0 Å². The minimum atomic E-state index is 0.438. The van der Waals surface area contributed by atoms with E-state index in [0.29, 0.717) is 6.04 Å². The van der Waals surface area contributed by atoms with E-state index in [2.05, 4.69) is 64.6 Å². The fourth-order valence-corrected chi connectivity index (χ4v) is 2.84. The highest BCUT2D eigenvalue weighted by Gasteiger charge is 2.10. The molecule has 2 heterocycles. The zero-order chi connectivity index (χ0) is 15.5. The summed E-state index contributed by atoms with van der Waals surface area (Å²) in [5, 5.41) is 1.23. The third kappa shape index (κ3) is 3.02. The van der Waals surface area contributed by atoms with Crippen LogP contribution in [0.4, 0.5) is 0 Å². The molecule has 0 atom stereocenters. The summed E-state index contributed by atoms with van der Waals surface area (Å²) in [6.07, 6.45) is 5.76. The van der Waals surface area contributed by atoms with Gasteiger partial charge in [0.1, 0.15) is 0 Å². The summed E-state index contributed by atoms with van der Waals surface area (Å²) in [5.41, 5.74) is 3.61. The fourth-order valence-electron chi connectivity index (χ4n) is 2.84. The fraction of sp³-hybridized carbons (Fsp3) is 0.333. The number of rotatable bonds is 5. The van der Waals surface area contributed by atoms with Gasteiger partial charge < -0.3 is 4.57 Å². The van der Waals surface area contributed by atoms with Crippen LogP contribution >= 0.6 is 0 Å². The molecular formula is C18H22N4. The molecule has 0 spiro atoms. The van der Waals surface area contributed by atoms with E-state index in [1.54, 1.807) is 0 Å². The highest BCUT2D eigenvalue weighted by atomic mass is 15.1. The smallest absolute Gasteiger partial charge is 0.0951 e. The SMILES string of the molecule is CC(C)n1cncc1CN(C)Cc1ccnc2ccccc12. The molecular weight excluding hydrogens is 272 g/mol. The zero-order valence-electron chi connectivity index (χ0n) is 13.4. The Kier molecular flexibility index (Phi) is 4.20. The molecule has 114 valence electrons. The van der Waals surface area contributed by atoms with Crippen molar-refractivity contribution in [1.29, 1.82) is 0 Å². The Bertz CT molecular complexity index is 755. The molecule has 0 fully saturated rings. The van der Waals surface area contributed by atoms with Gasteiger partial charge in [-0.3, -0.25) is 9.88 Å². The van der Waals surface area contributed by atoms with Gasteiger partial charge in [-0.05, 0) is 38.6 Å². The van der Waals surface area contributed by atoms with E-state index in [9.17, 15) is 0 Å². The van der Waals surface area contributed by atoms with E-state index < -0.39 is 0 Å². The maximum Gasteiger partial charge on any atom is 0.0951 e. The van der Waals surface area contributed by atoms with Gasteiger partial charge in [-0.1, -0.05) is 18.2 Å². The molecule has 4 heteroatoms. The van der Waals surface area contributed by atoms with Gasteiger partial charge in [0.25, 0.3) is 0 Å². The van der Waals surface area contributed by atoms with Gasteiger partial charge in [-0.2, -0.15) is 0 Å². The lowest BCUT2D eigenvalue weighted by Crippen LogP contribution is -2.20. The summed E-state index contributed by atoms with van der Waals surface area (Å²) in [4.78, 5) is 11.0. The van der Waals surface area contributed by atoms with Crippen molar-refractivity contribution in [1.82, 2.24) is 19.4 Å². The highest BCUT2D eigenvalue weighted by Crippen LogP contribution is 2.18. The van der Waals surface area contributed by atoms with Crippen molar-refractivity contribution in [3.8, 4) is 0 Å². The summed E-state index contributed by atoms with van der Waals surface area (Å²) in [6, 6.07) is 10.9. The molecule has 0 aliphatic rings. The van der Waals surface area contributed by atoms with Crippen molar-refractivity contribution in [2.45, 2.75) is 33.0 Å². The van der Waals surface area contributed by atoms with Crippen LogP contribution in [-0.2, 0) is 13.1 Å². The van der Waals surface area contributed by atoms with Gasteiger partial charge in [-0.15, -0.1) is 0 Å². The van der Waals surface area contributed by atoms with Crippen LogP contribution in [0.25, 0.3) is 10.9 Å². The molecule has 0 radical (unpaired) electrons. The molecule has 3 rings (SSSR count). The molecule has 4 nitrogen and oxygen atoms in total. The maximum atomic E-state index is 4.43. The maximum absolute atomic E-state index is 4.43. The molecule has 0 amide bonds. The Balaban J connectivity index is 1.79. The van der Waals surface area contributed by atoms with Crippen LogP contribution in [0, 0.1) is 0 Å². The molecule has 0 N–H and O–H groups in total. The first-order valence-corrected chi connectivity index (χ1v) is 7.67. The zero-order valence-corrected chi connectivity index (χ0v) is 13.4. The van der Waals surface area contributed by atoms with Crippen LogP contribution in [0.1, 0.15) is 31.1 Å². The summed E-state index contributed by atoms with van der Waals surface area (Å²) in [6.45, 7) is 6.14. The van der Waals surface area contributed by atoms with Gasteiger partial charge in [0, 0.05) is 36.9 Å². The lowest BCUT2D eigenvalue weighted by Gasteiger charge is -2.20. The number of hydrogen-bond donors (Lipinski definition) is 0. The third-order valence-corrected chi connectivity index (χ3v) is 3.91. The highest BCUT2D eigenvalue weighted by molar-refractivity contribution is 5.81.